The fourth-order valence-electron chi connectivity index (χ4n) is 2.51. The zero-order chi connectivity index (χ0) is 17.3. The summed E-state index contributed by atoms with van der Waals surface area (Å²) in [4.78, 5) is 23.2. The lowest BCUT2D eigenvalue weighted by atomic mass is 10.0. The number of carbonyl (C=O) groups excluding carboxylic acids is 2. The van der Waals surface area contributed by atoms with Crippen LogP contribution in [0.25, 0.3) is 22.3 Å². The largest absolute Gasteiger partial charge is 0.455 e. The van der Waals surface area contributed by atoms with E-state index in [1.54, 1.807) is 12.1 Å². The van der Waals surface area contributed by atoms with Gasteiger partial charge in [0.2, 0.25) is 0 Å². The summed E-state index contributed by atoms with van der Waals surface area (Å²) in [7, 11) is 0. The number of ether oxygens (including phenoxy) is 1. The molecule has 5 nitrogen and oxygen atoms in total. The summed E-state index contributed by atoms with van der Waals surface area (Å²) in [5.74, 6) is -1.32. The minimum Gasteiger partial charge on any atom is -0.455 e. The number of rotatable bonds is 3. The monoisotopic (exact) mass is 327 g/mol. The lowest BCUT2D eigenvalue weighted by Crippen LogP contribution is -2.18. The van der Waals surface area contributed by atoms with E-state index < -0.39 is 17.9 Å². The Labute approximate surface area is 136 Å². The Morgan fingerprint density at radius 1 is 1.17 bits per heavy atom. The molecular weight excluding hydrogens is 313 g/mol. The molecule has 1 amide bonds. The fourth-order valence-corrected chi connectivity index (χ4v) is 2.51. The van der Waals surface area contributed by atoms with Crippen molar-refractivity contribution in [3.05, 3.63) is 59.4 Å². The summed E-state index contributed by atoms with van der Waals surface area (Å²) in [5, 5.41) is 0.218. The van der Waals surface area contributed by atoms with E-state index in [0.29, 0.717) is 11.1 Å². The Bertz CT molecular complexity index is 928. The number of aryl methyl sites for hydroxylation is 1. The Kier molecular flexibility index (Phi) is 4.04. The number of primary amides is 1. The molecule has 0 saturated carbocycles. The van der Waals surface area contributed by atoms with Gasteiger partial charge in [0.1, 0.15) is 22.7 Å². The molecule has 2 N–H and O–H groups in total. The van der Waals surface area contributed by atoms with Crippen molar-refractivity contribution in [2.75, 3.05) is 0 Å². The van der Waals surface area contributed by atoms with Gasteiger partial charge in [0, 0.05) is 10.9 Å². The van der Waals surface area contributed by atoms with E-state index in [-0.39, 0.29) is 16.7 Å². The van der Waals surface area contributed by atoms with Gasteiger partial charge in [-0.2, -0.15) is 0 Å². The normalized spacial score (nSPS) is 10.8. The second-order valence-electron chi connectivity index (χ2n) is 5.21. The predicted octanol–water partition coefficient (Wildman–Crippen LogP) is 4.04. The number of esters is 1. The molecule has 122 valence electrons. The van der Waals surface area contributed by atoms with Gasteiger partial charge in [-0.05, 0) is 30.2 Å². The molecule has 6 heteroatoms. The van der Waals surface area contributed by atoms with Gasteiger partial charge in [-0.25, -0.2) is 14.0 Å². The summed E-state index contributed by atoms with van der Waals surface area (Å²) in [6, 6.07) is 11.1. The molecule has 0 radical (unpaired) electrons. The summed E-state index contributed by atoms with van der Waals surface area (Å²) >= 11 is 0. The van der Waals surface area contributed by atoms with Crippen molar-refractivity contribution in [2.45, 2.75) is 13.3 Å². The fraction of sp³-hybridized carbons (Fsp3) is 0.111. The molecule has 2 aromatic carbocycles. The SMILES string of the molecule is CCc1ccc(-c2oc3ccc(F)cc3c2C(=O)OC(N)=O)cc1. The number of amides is 1. The first kappa shape index (κ1) is 15.7. The van der Waals surface area contributed by atoms with Gasteiger partial charge < -0.3 is 14.9 Å². The topological polar surface area (TPSA) is 82.5 Å². The molecule has 0 fully saturated rings. The molecule has 0 aliphatic heterocycles. The Hall–Kier alpha value is -3.15. The van der Waals surface area contributed by atoms with Gasteiger partial charge in [-0.15, -0.1) is 0 Å². The lowest BCUT2D eigenvalue weighted by molar-refractivity contribution is 0.0640. The van der Waals surface area contributed by atoms with Gasteiger partial charge >= 0.3 is 12.1 Å². The average Bonchev–Trinajstić information content (AvgIpc) is 2.93. The molecule has 0 bridgehead atoms. The smallest absolute Gasteiger partial charge is 0.412 e. The quantitative estimate of drug-likeness (QED) is 0.581. The number of hydrogen-bond acceptors (Lipinski definition) is 4. The lowest BCUT2D eigenvalue weighted by Gasteiger charge is -2.03. The van der Waals surface area contributed by atoms with Crippen molar-refractivity contribution in [1.82, 2.24) is 0 Å². The number of hydrogen-bond donors (Lipinski definition) is 1. The zero-order valence-corrected chi connectivity index (χ0v) is 12.8. The molecular formula is C18H14FNO4. The maximum atomic E-state index is 13.6. The van der Waals surface area contributed by atoms with Gasteiger partial charge in [0.05, 0.1) is 0 Å². The van der Waals surface area contributed by atoms with Crippen molar-refractivity contribution in [3.63, 3.8) is 0 Å². The van der Waals surface area contributed by atoms with Crippen LogP contribution in [-0.2, 0) is 11.2 Å². The van der Waals surface area contributed by atoms with E-state index in [9.17, 15) is 14.0 Å². The first-order chi connectivity index (χ1) is 11.5. The number of benzene rings is 2. The summed E-state index contributed by atoms with van der Waals surface area (Å²) in [6.07, 6.45) is -0.375. The first-order valence-electron chi connectivity index (χ1n) is 7.32. The van der Waals surface area contributed by atoms with Crippen LogP contribution < -0.4 is 5.73 Å². The van der Waals surface area contributed by atoms with E-state index >= 15 is 0 Å². The summed E-state index contributed by atoms with van der Waals surface area (Å²) in [5.41, 5.74) is 6.91. The first-order valence-corrected chi connectivity index (χ1v) is 7.32. The van der Waals surface area contributed by atoms with Crippen LogP contribution in [0.3, 0.4) is 0 Å². The predicted molar refractivity (Wildman–Crippen MR) is 86.0 cm³/mol. The molecule has 0 saturated heterocycles. The number of nitrogens with two attached hydrogens (primary N) is 1. The van der Waals surface area contributed by atoms with E-state index in [4.69, 9.17) is 10.2 Å². The van der Waals surface area contributed by atoms with Crippen LogP contribution in [0.15, 0.2) is 46.9 Å². The number of fused-ring (bicyclic) bond motifs is 1. The molecule has 24 heavy (non-hydrogen) atoms. The maximum absolute atomic E-state index is 13.6. The zero-order valence-electron chi connectivity index (χ0n) is 12.8. The second-order valence-corrected chi connectivity index (χ2v) is 5.21. The van der Waals surface area contributed by atoms with Crippen LogP contribution in [0.4, 0.5) is 9.18 Å². The highest BCUT2D eigenvalue weighted by Crippen LogP contribution is 2.34. The van der Waals surface area contributed by atoms with Crippen LogP contribution in [0.2, 0.25) is 0 Å². The van der Waals surface area contributed by atoms with Crippen molar-refractivity contribution in [2.24, 2.45) is 5.73 Å². The Morgan fingerprint density at radius 3 is 2.50 bits per heavy atom. The van der Waals surface area contributed by atoms with Gasteiger partial charge in [0.15, 0.2) is 0 Å². The highest BCUT2D eigenvalue weighted by Gasteiger charge is 2.25. The second kappa shape index (κ2) is 6.16. The molecule has 1 aromatic heterocycles. The molecule has 0 spiro atoms. The van der Waals surface area contributed by atoms with Crippen LogP contribution >= 0.6 is 0 Å². The average molecular weight is 327 g/mol. The Morgan fingerprint density at radius 2 is 1.88 bits per heavy atom. The highest BCUT2D eigenvalue weighted by atomic mass is 19.1. The van der Waals surface area contributed by atoms with E-state index in [1.165, 1.54) is 12.1 Å². The summed E-state index contributed by atoms with van der Waals surface area (Å²) < 4.78 is 23.7. The third-order valence-corrected chi connectivity index (χ3v) is 3.67. The molecule has 0 unspecified atom stereocenters. The van der Waals surface area contributed by atoms with Crippen molar-refractivity contribution >= 4 is 23.0 Å². The third-order valence-electron chi connectivity index (χ3n) is 3.67. The van der Waals surface area contributed by atoms with Crippen LogP contribution in [0.1, 0.15) is 22.8 Å². The third kappa shape index (κ3) is 2.86. The van der Waals surface area contributed by atoms with Crippen molar-refractivity contribution < 1.29 is 23.1 Å². The Balaban J connectivity index is 2.21. The molecule has 0 atom stereocenters. The number of halogens is 1. The molecule has 0 aliphatic rings. The van der Waals surface area contributed by atoms with Crippen LogP contribution in [0, 0.1) is 5.82 Å². The minimum atomic E-state index is -1.24. The van der Waals surface area contributed by atoms with Gasteiger partial charge in [-0.1, -0.05) is 31.2 Å². The van der Waals surface area contributed by atoms with E-state index in [2.05, 4.69) is 4.74 Å². The van der Waals surface area contributed by atoms with Gasteiger partial charge in [-0.3, -0.25) is 0 Å². The maximum Gasteiger partial charge on any atom is 0.412 e. The van der Waals surface area contributed by atoms with Crippen molar-refractivity contribution in [3.8, 4) is 11.3 Å². The molecule has 3 rings (SSSR count). The van der Waals surface area contributed by atoms with E-state index in [0.717, 1.165) is 18.1 Å². The summed E-state index contributed by atoms with van der Waals surface area (Å²) in [6.45, 7) is 2.02. The molecule has 3 aromatic rings. The van der Waals surface area contributed by atoms with E-state index in [1.807, 2.05) is 19.1 Å². The van der Waals surface area contributed by atoms with Gasteiger partial charge in [0.25, 0.3) is 0 Å². The molecule has 0 aliphatic carbocycles. The number of carbonyl (C=O) groups is 2. The number of furan rings is 1. The standard InChI is InChI=1S/C18H14FNO4/c1-2-10-3-5-11(6-4-10)16-15(17(21)24-18(20)22)13-9-12(19)7-8-14(13)23-16/h3-9H,2H2,1H3,(H2,20,22). The molecule has 1 heterocycles. The van der Waals surface area contributed by atoms with Crippen LogP contribution in [0.5, 0.6) is 0 Å². The van der Waals surface area contributed by atoms with Crippen molar-refractivity contribution in [1.29, 1.82) is 0 Å². The minimum absolute atomic E-state index is 0.0347. The van der Waals surface area contributed by atoms with Crippen LogP contribution in [-0.4, -0.2) is 12.1 Å². The highest BCUT2D eigenvalue weighted by molar-refractivity contribution is 6.11.